The van der Waals surface area contributed by atoms with Gasteiger partial charge in [-0.2, -0.15) is 0 Å². The van der Waals surface area contributed by atoms with Gasteiger partial charge in [-0.25, -0.2) is 4.79 Å². The Kier molecular flexibility index (Phi) is 10.9. The Morgan fingerprint density at radius 1 is 1.06 bits per heavy atom. The fourth-order valence-electron chi connectivity index (χ4n) is 3.59. The number of hydrogen-bond donors (Lipinski definition) is 0. The lowest BCUT2D eigenvalue weighted by molar-refractivity contribution is -0.140. The lowest BCUT2D eigenvalue weighted by Crippen LogP contribution is -2.44. The zero-order valence-electron chi connectivity index (χ0n) is 22.2. The number of rotatable bonds is 6. The molecule has 0 saturated carbocycles. The van der Waals surface area contributed by atoms with Gasteiger partial charge in [0.2, 0.25) is 0 Å². The Bertz CT molecular complexity index is 977. The summed E-state index contributed by atoms with van der Waals surface area (Å²) in [6.45, 7) is 12.3. The van der Waals surface area contributed by atoms with E-state index in [2.05, 4.69) is 9.72 Å². The summed E-state index contributed by atoms with van der Waals surface area (Å²) < 4.78 is 15.9. The number of ketones is 1. The number of aromatic nitrogens is 1. The average Bonchev–Trinajstić information content (AvgIpc) is 2.84. The SMILES string of the molecule is CC(C(=O)c1ccc(OC2CCN(C(=O)OC(C)(C)C)CC2)cc1)c1ccccn1.CCOC(C)=O. The van der Waals surface area contributed by atoms with Crippen LogP contribution < -0.4 is 4.74 Å². The van der Waals surface area contributed by atoms with Crippen molar-refractivity contribution in [1.29, 1.82) is 0 Å². The highest BCUT2D eigenvalue weighted by molar-refractivity contribution is 6.00. The van der Waals surface area contributed by atoms with E-state index in [1.807, 2.05) is 58.0 Å². The first-order valence-electron chi connectivity index (χ1n) is 12.3. The molecule has 0 N–H and O–H groups in total. The Labute approximate surface area is 213 Å². The van der Waals surface area contributed by atoms with Gasteiger partial charge >= 0.3 is 12.1 Å². The third kappa shape index (κ3) is 9.68. The van der Waals surface area contributed by atoms with E-state index >= 15 is 0 Å². The smallest absolute Gasteiger partial charge is 0.410 e. The molecule has 1 aromatic carbocycles. The predicted molar refractivity (Wildman–Crippen MR) is 137 cm³/mol. The van der Waals surface area contributed by atoms with E-state index in [1.165, 1.54) is 6.92 Å². The minimum Gasteiger partial charge on any atom is -0.490 e. The summed E-state index contributed by atoms with van der Waals surface area (Å²) in [4.78, 5) is 40.7. The number of ether oxygens (including phenoxy) is 3. The Hall–Kier alpha value is -3.42. The molecule has 0 aliphatic carbocycles. The van der Waals surface area contributed by atoms with E-state index in [4.69, 9.17) is 9.47 Å². The standard InChI is InChI=1S/C24H30N2O4.C4H8O2/c1-17(21-7-5-6-14-25-21)22(27)18-8-10-19(11-9-18)29-20-12-15-26(16-13-20)23(28)30-24(2,3)4;1-3-6-4(2)5/h5-11,14,17,20H,12-13,15-16H2,1-4H3;3H2,1-2H3. The number of nitrogens with zero attached hydrogens (tertiary/aromatic N) is 2. The Balaban J connectivity index is 0.000000678. The molecule has 1 amide bonds. The second kappa shape index (κ2) is 13.6. The van der Waals surface area contributed by atoms with Crippen molar-refractivity contribution in [3.8, 4) is 5.75 Å². The van der Waals surface area contributed by atoms with Gasteiger partial charge in [-0.1, -0.05) is 6.07 Å². The molecule has 0 bridgehead atoms. The van der Waals surface area contributed by atoms with Crippen molar-refractivity contribution in [3.05, 3.63) is 59.9 Å². The molecule has 196 valence electrons. The van der Waals surface area contributed by atoms with Crippen LogP contribution in [0.1, 0.15) is 76.4 Å². The molecule has 0 spiro atoms. The van der Waals surface area contributed by atoms with Crippen LogP contribution in [0.5, 0.6) is 5.75 Å². The molecule has 1 aliphatic heterocycles. The number of carbonyl (C=O) groups is 3. The molecule has 1 aromatic heterocycles. The van der Waals surface area contributed by atoms with Crippen molar-refractivity contribution in [2.24, 2.45) is 0 Å². The molecule has 0 radical (unpaired) electrons. The van der Waals surface area contributed by atoms with Crippen molar-refractivity contribution in [1.82, 2.24) is 9.88 Å². The van der Waals surface area contributed by atoms with Gasteiger partial charge in [-0.3, -0.25) is 14.6 Å². The lowest BCUT2D eigenvalue weighted by atomic mass is 9.96. The molecule has 36 heavy (non-hydrogen) atoms. The Morgan fingerprint density at radius 2 is 1.69 bits per heavy atom. The molecule has 8 heteroatoms. The number of piperidine rings is 1. The summed E-state index contributed by atoms with van der Waals surface area (Å²) in [7, 11) is 0. The quantitative estimate of drug-likeness (QED) is 0.388. The number of hydrogen-bond acceptors (Lipinski definition) is 7. The molecule has 1 fully saturated rings. The monoisotopic (exact) mass is 498 g/mol. The summed E-state index contributed by atoms with van der Waals surface area (Å²) in [5.41, 5.74) is 0.914. The van der Waals surface area contributed by atoms with E-state index < -0.39 is 5.60 Å². The van der Waals surface area contributed by atoms with Crippen molar-refractivity contribution < 1.29 is 28.6 Å². The van der Waals surface area contributed by atoms with Gasteiger partial charge in [0.15, 0.2) is 5.78 Å². The van der Waals surface area contributed by atoms with Gasteiger partial charge in [-0.05, 0) is 71.0 Å². The second-order valence-corrected chi connectivity index (χ2v) is 9.57. The zero-order valence-corrected chi connectivity index (χ0v) is 22.2. The van der Waals surface area contributed by atoms with E-state index in [9.17, 15) is 14.4 Å². The summed E-state index contributed by atoms with van der Waals surface area (Å²) >= 11 is 0. The largest absolute Gasteiger partial charge is 0.490 e. The van der Waals surface area contributed by atoms with Crippen LogP contribution in [-0.2, 0) is 14.3 Å². The number of likely N-dealkylation sites (tertiary alicyclic amines) is 1. The summed E-state index contributed by atoms with van der Waals surface area (Å²) in [6, 6.07) is 12.8. The number of carbonyl (C=O) groups excluding carboxylic acids is 3. The van der Waals surface area contributed by atoms with Gasteiger partial charge in [0.1, 0.15) is 17.5 Å². The van der Waals surface area contributed by atoms with Crippen molar-refractivity contribution in [2.45, 2.75) is 72.0 Å². The van der Waals surface area contributed by atoms with Crippen LogP contribution in [0.3, 0.4) is 0 Å². The third-order valence-electron chi connectivity index (χ3n) is 5.41. The molecule has 3 rings (SSSR count). The maximum Gasteiger partial charge on any atom is 0.410 e. The Morgan fingerprint density at radius 3 is 2.17 bits per heavy atom. The minimum absolute atomic E-state index is 0.0333. The van der Waals surface area contributed by atoms with Crippen LogP contribution in [0.2, 0.25) is 0 Å². The van der Waals surface area contributed by atoms with Crippen molar-refractivity contribution in [3.63, 3.8) is 0 Å². The number of esters is 1. The number of amides is 1. The van der Waals surface area contributed by atoms with Gasteiger partial charge in [0.05, 0.1) is 18.2 Å². The highest BCUT2D eigenvalue weighted by atomic mass is 16.6. The van der Waals surface area contributed by atoms with Crippen LogP contribution in [0.15, 0.2) is 48.7 Å². The van der Waals surface area contributed by atoms with Crippen molar-refractivity contribution in [2.75, 3.05) is 19.7 Å². The maximum absolute atomic E-state index is 12.7. The van der Waals surface area contributed by atoms with Gasteiger partial charge in [-0.15, -0.1) is 0 Å². The highest BCUT2D eigenvalue weighted by Crippen LogP contribution is 2.23. The molecule has 1 atom stereocenters. The number of benzene rings is 1. The van der Waals surface area contributed by atoms with Crippen LogP contribution >= 0.6 is 0 Å². The topological polar surface area (TPSA) is 95.0 Å². The lowest BCUT2D eigenvalue weighted by Gasteiger charge is -2.33. The third-order valence-corrected chi connectivity index (χ3v) is 5.41. The summed E-state index contributed by atoms with van der Waals surface area (Å²) in [5.74, 6) is 0.256. The molecule has 8 nitrogen and oxygen atoms in total. The van der Waals surface area contributed by atoms with Crippen LogP contribution in [0.4, 0.5) is 4.79 Å². The molecule has 2 aromatic rings. The zero-order chi connectivity index (χ0) is 26.7. The maximum atomic E-state index is 12.7. The van der Waals surface area contributed by atoms with E-state index in [1.54, 1.807) is 30.2 Å². The van der Waals surface area contributed by atoms with Gasteiger partial charge in [0, 0.05) is 44.6 Å². The molecule has 2 heterocycles. The first kappa shape index (κ1) is 28.8. The normalized spacial score (nSPS) is 14.7. The first-order valence-corrected chi connectivity index (χ1v) is 12.3. The predicted octanol–water partition coefficient (Wildman–Crippen LogP) is 5.42. The minimum atomic E-state index is -0.488. The van der Waals surface area contributed by atoms with Gasteiger partial charge < -0.3 is 19.1 Å². The van der Waals surface area contributed by atoms with E-state index in [0.717, 1.165) is 24.3 Å². The highest BCUT2D eigenvalue weighted by Gasteiger charge is 2.27. The van der Waals surface area contributed by atoms with Crippen LogP contribution in [0, 0.1) is 0 Å². The number of Topliss-reactive ketones (excluding diaryl/α,β-unsaturated/α-hetero) is 1. The molecule has 1 aliphatic rings. The summed E-state index contributed by atoms with van der Waals surface area (Å²) in [5, 5.41) is 0. The second-order valence-electron chi connectivity index (χ2n) is 9.57. The molecule has 1 saturated heterocycles. The molecular formula is C28H38N2O6. The van der Waals surface area contributed by atoms with Gasteiger partial charge in [0.25, 0.3) is 0 Å². The molecule has 1 unspecified atom stereocenters. The van der Waals surface area contributed by atoms with Crippen molar-refractivity contribution >= 4 is 17.8 Å². The van der Waals surface area contributed by atoms with E-state index in [0.29, 0.717) is 25.3 Å². The fraction of sp³-hybridized carbons (Fsp3) is 0.500. The van der Waals surface area contributed by atoms with Crippen LogP contribution in [0.25, 0.3) is 0 Å². The average molecular weight is 499 g/mol. The van der Waals surface area contributed by atoms with E-state index in [-0.39, 0.29) is 29.9 Å². The van der Waals surface area contributed by atoms with Crippen LogP contribution in [-0.4, -0.2) is 59.1 Å². The number of pyridine rings is 1. The first-order chi connectivity index (χ1) is 17.0. The fourth-order valence-corrected chi connectivity index (χ4v) is 3.59. The molecular weight excluding hydrogens is 460 g/mol. The summed E-state index contributed by atoms with van der Waals surface area (Å²) in [6.07, 6.45) is 2.96.